The highest BCUT2D eigenvalue weighted by Crippen LogP contribution is 2.23. The molecule has 1 aromatic rings. The minimum absolute atomic E-state index is 0.154. The van der Waals surface area contributed by atoms with Crippen LogP contribution in [0.1, 0.15) is 26.1 Å². The number of hydrogen-bond acceptors (Lipinski definition) is 3. The van der Waals surface area contributed by atoms with Gasteiger partial charge in [0.25, 0.3) is 0 Å². The Bertz CT molecular complexity index is 262. The van der Waals surface area contributed by atoms with E-state index in [0.29, 0.717) is 6.54 Å². The molecular weight excluding hydrogens is 164 g/mol. The third-order valence-corrected chi connectivity index (χ3v) is 2.74. The molecule has 0 aliphatic heterocycles. The van der Waals surface area contributed by atoms with Gasteiger partial charge in [-0.2, -0.15) is 5.10 Å². The molecule has 0 saturated heterocycles. The Morgan fingerprint density at radius 1 is 1.62 bits per heavy atom. The lowest BCUT2D eigenvalue weighted by atomic mass is 9.84. The summed E-state index contributed by atoms with van der Waals surface area (Å²) in [4.78, 5) is 4.19. The molecule has 13 heavy (non-hydrogen) atoms. The van der Waals surface area contributed by atoms with E-state index in [1.807, 2.05) is 11.7 Å². The number of rotatable bonds is 4. The van der Waals surface area contributed by atoms with Gasteiger partial charge in [-0.05, 0) is 18.4 Å². The lowest BCUT2D eigenvalue weighted by molar-refractivity contribution is 0.309. The van der Waals surface area contributed by atoms with Crippen LogP contribution in [0.3, 0.4) is 0 Å². The number of hydrogen-bond donors (Lipinski definition) is 1. The Morgan fingerprint density at radius 2 is 2.31 bits per heavy atom. The zero-order chi connectivity index (χ0) is 9.90. The van der Waals surface area contributed by atoms with Crippen LogP contribution in [-0.2, 0) is 13.5 Å². The van der Waals surface area contributed by atoms with E-state index < -0.39 is 0 Å². The average Bonchev–Trinajstić information content (AvgIpc) is 2.52. The molecule has 0 aromatic carbocycles. The van der Waals surface area contributed by atoms with Crippen molar-refractivity contribution in [3.8, 4) is 0 Å². The van der Waals surface area contributed by atoms with Gasteiger partial charge in [0.2, 0.25) is 0 Å². The molecule has 1 heterocycles. The highest BCUT2D eigenvalue weighted by Gasteiger charge is 2.22. The second-order valence-corrected chi connectivity index (χ2v) is 3.84. The quantitative estimate of drug-likeness (QED) is 0.747. The van der Waals surface area contributed by atoms with Gasteiger partial charge in [0.05, 0.1) is 0 Å². The molecule has 1 rings (SSSR count). The van der Waals surface area contributed by atoms with Crippen molar-refractivity contribution in [2.75, 3.05) is 6.54 Å². The van der Waals surface area contributed by atoms with E-state index in [1.54, 1.807) is 6.33 Å². The topological polar surface area (TPSA) is 56.7 Å². The third-order valence-electron chi connectivity index (χ3n) is 2.74. The first-order valence-corrected chi connectivity index (χ1v) is 4.64. The monoisotopic (exact) mass is 182 g/mol. The van der Waals surface area contributed by atoms with E-state index in [4.69, 9.17) is 5.73 Å². The van der Waals surface area contributed by atoms with Gasteiger partial charge < -0.3 is 5.73 Å². The maximum Gasteiger partial charge on any atom is 0.138 e. The summed E-state index contributed by atoms with van der Waals surface area (Å²) in [7, 11) is 1.91. The van der Waals surface area contributed by atoms with E-state index in [2.05, 4.69) is 23.9 Å². The van der Waals surface area contributed by atoms with E-state index in [-0.39, 0.29) is 5.41 Å². The molecule has 0 saturated carbocycles. The maximum absolute atomic E-state index is 5.73. The molecule has 1 unspecified atom stereocenters. The summed E-state index contributed by atoms with van der Waals surface area (Å²) in [6, 6.07) is 0. The Hall–Kier alpha value is -0.900. The second kappa shape index (κ2) is 3.87. The highest BCUT2D eigenvalue weighted by molar-refractivity contribution is 4.91. The summed E-state index contributed by atoms with van der Waals surface area (Å²) >= 11 is 0. The SMILES string of the molecule is CCC(C)(CN)Cc1ncnn1C. The lowest BCUT2D eigenvalue weighted by Gasteiger charge is -2.25. The molecule has 4 nitrogen and oxygen atoms in total. The number of aryl methyl sites for hydroxylation is 1. The van der Waals surface area contributed by atoms with Gasteiger partial charge in [0.15, 0.2) is 0 Å². The minimum Gasteiger partial charge on any atom is -0.330 e. The van der Waals surface area contributed by atoms with Crippen LogP contribution < -0.4 is 5.73 Å². The normalized spacial score (nSPS) is 15.7. The van der Waals surface area contributed by atoms with Crippen molar-refractivity contribution in [2.45, 2.75) is 26.7 Å². The molecule has 74 valence electrons. The molecule has 0 radical (unpaired) electrons. The lowest BCUT2D eigenvalue weighted by Crippen LogP contribution is -2.30. The average molecular weight is 182 g/mol. The summed E-state index contributed by atoms with van der Waals surface area (Å²) in [5.41, 5.74) is 5.88. The van der Waals surface area contributed by atoms with E-state index in [1.165, 1.54) is 0 Å². The van der Waals surface area contributed by atoms with Gasteiger partial charge in [-0.15, -0.1) is 0 Å². The van der Waals surface area contributed by atoms with Crippen LogP contribution in [0, 0.1) is 5.41 Å². The molecule has 0 fully saturated rings. The second-order valence-electron chi connectivity index (χ2n) is 3.84. The molecule has 0 bridgehead atoms. The van der Waals surface area contributed by atoms with Crippen molar-refractivity contribution >= 4 is 0 Å². The van der Waals surface area contributed by atoms with Crippen LogP contribution in [0.25, 0.3) is 0 Å². The van der Waals surface area contributed by atoms with Gasteiger partial charge in [0, 0.05) is 13.5 Å². The third kappa shape index (κ3) is 2.28. The summed E-state index contributed by atoms with van der Waals surface area (Å²) in [6.07, 6.45) is 3.55. The fourth-order valence-corrected chi connectivity index (χ4v) is 1.20. The van der Waals surface area contributed by atoms with Gasteiger partial charge >= 0.3 is 0 Å². The van der Waals surface area contributed by atoms with Crippen LogP contribution >= 0.6 is 0 Å². The molecule has 1 aromatic heterocycles. The zero-order valence-electron chi connectivity index (χ0n) is 8.62. The highest BCUT2D eigenvalue weighted by atomic mass is 15.3. The molecule has 2 N–H and O–H groups in total. The van der Waals surface area contributed by atoms with Crippen LogP contribution in [0.4, 0.5) is 0 Å². The summed E-state index contributed by atoms with van der Waals surface area (Å²) in [5, 5.41) is 4.03. The predicted molar refractivity (Wildman–Crippen MR) is 52.2 cm³/mol. The van der Waals surface area contributed by atoms with Gasteiger partial charge in [0.1, 0.15) is 12.2 Å². The predicted octanol–water partition coefficient (Wildman–Crippen LogP) is 0.733. The number of nitrogens with zero attached hydrogens (tertiary/aromatic N) is 3. The first-order valence-electron chi connectivity index (χ1n) is 4.64. The molecule has 4 heteroatoms. The molecule has 0 aliphatic rings. The minimum atomic E-state index is 0.154. The Labute approximate surface area is 79.2 Å². The molecular formula is C9H18N4. The molecule has 0 amide bonds. The molecule has 0 aliphatic carbocycles. The van der Waals surface area contributed by atoms with Crippen molar-refractivity contribution < 1.29 is 0 Å². The van der Waals surface area contributed by atoms with Gasteiger partial charge in [-0.1, -0.05) is 13.8 Å². The fraction of sp³-hybridized carbons (Fsp3) is 0.778. The summed E-state index contributed by atoms with van der Waals surface area (Å²) in [6.45, 7) is 5.03. The summed E-state index contributed by atoms with van der Waals surface area (Å²) in [5.74, 6) is 1.01. The Morgan fingerprint density at radius 3 is 2.69 bits per heavy atom. The number of nitrogens with two attached hydrogens (primary N) is 1. The van der Waals surface area contributed by atoms with E-state index >= 15 is 0 Å². The van der Waals surface area contributed by atoms with Gasteiger partial charge in [-0.25, -0.2) is 4.98 Å². The number of aromatic nitrogens is 3. The Kier molecular flexibility index (Phi) is 3.03. The fourth-order valence-electron chi connectivity index (χ4n) is 1.20. The Balaban J connectivity index is 2.73. The van der Waals surface area contributed by atoms with Crippen molar-refractivity contribution in [1.82, 2.24) is 14.8 Å². The van der Waals surface area contributed by atoms with Crippen LogP contribution in [0.15, 0.2) is 6.33 Å². The smallest absolute Gasteiger partial charge is 0.138 e. The van der Waals surface area contributed by atoms with Crippen molar-refractivity contribution in [2.24, 2.45) is 18.2 Å². The molecule has 1 atom stereocenters. The van der Waals surface area contributed by atoms with Crippen molar-refractivity contribution in [1.29, 1.82) is 0 Å². The first kappa shape index (κ1) is 10.2. The van der Waals surface area contributed by atoms with E-state index in [9.17, 15) is 0 Å². The largest absolute Gasteiger partial charge is 0.330 e. The standard InChI is InChI=1S/C9H18N4/c1-4-9(2,6-10)5-8-11-7-12-13(8)3/h7H,4-6,10H2,1-3H3. The van der Waals surface area contributed by atoms with Crippen LogP contribution in [-0.4, -0.2) is 21.3 Å². The zero-order valence-corrected chi connectivity index (χ0v) is 8.62. The molecule has 0 spiro atoms. The van der Waals surface area contributed by atoms with E-state index in [0.717, 1.165) is 18.7 Å². The van der Waals surface area contributed by atoms with Crippen LogP contribution in [0.5, 0.6) is 0 Å². The summed E-state index contributed by atoms with van der Waals surface area (Å²) < 4.78 is 1.81. The first-order chi connectivity index (χ1) is 6.11. The van der Waals surface area contributed by atoms with Gasteiger partial charge in [-0.3, -0.25) is 4.68 Å². The van der Waals surface area contributed by atoms with Crippen molar-refractivity contribution in [3.63, 3.8) is 0 Å². The van der Waals surface area contributed by atoms with Crippen molar-refractivity contribution in [3.05, 3.63) is 12.2 Å². The maximum atomic E-state index is 5.73. The van der Waals surface area contributed by atoms with Crippen LogP contribution in [0.2, 0.25) is 0 Å².